The molecule has 0 aromatic rings. The quantitative estimate of drug-likeness (QED) is 0.294. The van der Waals surface area contributed by atoms with Crippen molar-refractivity contribution < 1.29 is 20.4 Å². The molecule has 0 aromatic carbocycles. The SMILES string of the molecule is OC1(O)/C=C\CCCCC1(O)O. The smallest absolute Gasteiger partial charge is 0.238 e. The first-order valence-electron chi connectivity index (χ1n) is 4.03. The fourth-order valence-corrected chi connectivity index (χ4v) is 1.20. The van der Waals surface area contributed by atoms with Crippen molar-refractivity contribution in [3.63, 3.8) is 0 Å². The third-order valence-electron chi connectivity index (χ3n) is 2.09. The van der Waals surface area contributed by atoms with Crippen LogP contribution in [0.4, 0.5) is 0 Å². The Labute approximate surface area is 70.8 Å². The maximum Gasteiger partial charge on any atom is 0.238 e. The molecule has 1 aliphatic rings. The molecule has 0 fully saturated rings. The lowest BCUT2D eigenvalue weighted by Gasteiger charge is -2.33. The van der Waals surface area contributed by atoms with Gasteiger partial charge in [0.25, 0.3) is 0 Å². The van der Waals surface area contributed by atoms with Crippen LogP contribution in [0.5, 0.6) is 0 Å². The van der Waals surface area contributed by atoms with E-state index in [1.165, 1.54) is 0 Å². The summed E-state index contributed by atoms with van der Waals surface area (Å²) < 4.78 is 0. The molecule has 0 saturated carbocycles. The molecule has 0 bridgehead atoms. The molecule has 0 heterocycles. The molecular formula is C8H14O4. The van der Waals surface area contributed by atoms with Gasteiger partial charge in [-0.25, -0.2) is 0 Å². The van der Waals surface area contributed by atoms with Crippen LogP contribution in [-0.2, 0) is 0 Å². The van der Waals surface area contributed by atoms with Crippen molar-refractivity contribution in [2.24, 2.45) is 0 Å². The molecule has 4 nitrogen and oxygen atoms in total. The normalized spacial score (nSPS) is 30.3. The second-order valence-electron chi connectivity index (χ2n) is 3.19. The zero-order valence-corrected chi connectivity index (χ0v) is 6.77. The molecule has 0 saturated heterocycles. The van der Waals surface area contributed by atoms with Gasteiger partial charge in [0.05, 0.1) is 0 Å². The number of hydrogen-bond donors (Lipinski definition) is 4. The van der Waals surface area contributed by atoms with Crippen LogP contribution >= 0.6 is 0 Å². The van der Waals surface area contributed by atoms with Crippen LogP contribution < -0.4 is 0 Å². The Kier molecular flexibility index (Phi) is 2.53. The fraction of sp³-hybridized carbons (Fsp3) is 0.750. The number of allylic oxidation sites excluding steroid dienone is 1. The van der Waals surface area contributed by atoms with E-state index in [0.717, 1.165) is 18.9 Å². The molecule has 4 heteroatoms. The Balaban J connectivity index is 2.83. The number of aliphatic hydroxyl groups is 4. The molecule has 0 radical (unpaired) electrons. The van der Waals surface area contributed by atoms with E-state index in [-0.39, 0.29) is 6.42 Å². The van der Waals surface area contributed by atoms with Crippen molar-refractivity contribution >= 4 is 0 Å². The fourth-order valence-electron chi connectivity index (χ4n) is 1.20. The Bertz CT molecular complexity index is 183. The van der Waals surface area contributed by atoms with Gasteiger partial charge in [-0.3, -0.25) is 0 Å². The maximum absolute atomic E-state index is 9.21. The highest BCUT2D eigenvalue weighted by atomic mass is 16.6. The van der Waals surface area contributed by atoms with E-state index in [1.54, 1.807) is 6.08 Å². The van der Waals surface area contributed by atoms with E-state index in [4.69, 9.17) is 0 Å². The minimum absolute atomic E-state index is 0.0235. The lowest BCUT2D eigenvalue weighted by Crippen LogP contribution is -2.53. The van der Waals surface area contributed by atoms with E-state index in [9.17, 15) is 20.4 Å². The number of hydrogen-bond acceptors (Lipinski definition) is 4. The van der Waals surface area contributed by atoms with Crippen LogP contribution in [0.3, 0.4) is 0 Å². The van der Waals surface area contributed by atoms with Crippen molar-refractivity contribution in [1.82, 2.24) is 0 Å². The first-order valence-corrected chi connectivity index (χ1v) is 4.03. The molecule has 0 unspecified atom stereocenters. The maximum atomic E-state index is 9.21. The molecular weight excluding hydrogens is 160 g/mol. The first kappa shape index (κ1) is 9.67. The summed E-state index contributed by atoms with van der Waals surface area (Å²) in [6, 6.07) is 0. The van der Waals surface area contributed by atoms with Gasteiger partial charge in [0.15, 0.2) is 0 Å². The second-order valence-corrected chi connectivity index (χ2v) is 3.19. The summed E-state index contributed by atoms with van der Waals surface area (Å²) in [5, 5.41) is 36.8. The van der Waals surface area contributed by atoms with Gasteiger partial charge in [-0.15, -0.1) is 0 Å². The zero-order valence-electron chi connectivity index (χ0n) is 6.77. The Morgan fingerprint density at radius 3 is 2.33 bits per heavy atom. The van der Waals surface area contributed by atoms with Crippen molar-refractivity contribution in [2.75, 3.05) is 0 Å². The average Bonchev–Trinajstić information content (AvgIpc) is 1.94. The van der Waals surface area contributed by atoms with Crippen molar-refractivity contribution in [3.05, 3.63) is 12.2 Å². The topological polar surface area (TPSA) is 80.9 Å². The Morgan fingerprint density at radius 1 is 1.00 bits per heavy atom. The minimum Gasteiger partial charge on any atom is -0.361 e. The van der Waals surface area contributed by atoms with Gasteiger partial charge >= 0.3 is 0 Å². The standard InChI is InChI=1S/C8H14O4/c9-7(10)5-3-1-2-4-6-8(7,11)12/h3,5,9-12H,1-2,4,6H2/b5-3-. The third kappa shape index (κ3) is 1.84. The first-order chi connectivity index (χ1) is 5.46. The van der Waals surface area contributed by atoms with Gasteiger partial charge < -0.3 is 20.4 Å². The molecule has 0 spiro atoms. The van der Waals surface area contributed by atoms with Gasteiger partial charge in [0.2, 0.25) is 11.6 Å². The highest BCUT2D eigenvalue weighted by Gasteiger charge is 2.44. The molecule has 0 aromatic heterocycles. The van der Waals surface area contributed by atoms with Crippen LogP contribution in [0.2, 0.25) is 0 Å². The molecule has 70 valence electrons. The van der Waals surface area contributed by atoms with Gasteiger partial charge in [-0.05, 0) is 25.3 Å². The van der Waals surface area contributed by atoms with Crippen molar-refractivity contribution in [2.45, 2.75) is 37.3 Å². The van der Waals surface area contributed by atoms with Crippen LogP contribution in [0, 0.1) is 0 Å². The predicted octanol–water partition coefficient (Wildman–Crippen LogP) is -0.522. The van der Waals surface area contributed by atoms with E-state index < -0.39 is 11.6 Å². The molecule has 0 aliphatic heterocycles. The van der Waals surface area contributed by atoms with Gasteiger partial charge in [-0.1, -0.05) is 6.08 Å². The van der Waals surface area contributed by atoms with Crippen LogP contribution in [0.15, 0.2) is 12.2 Å². The lowest BCUT2D eigenvalue weighted by atomic mass is 9.95. The van der Waals surface area contributed by atoms with Crippen LogP contribution in [0.25, 0.3) is 0 Å². The largest absolute Gasteiger partial charge is 0.361 e. The Hall–Kier alpha value is -0.420. The molecule has 4 N–H and O–H groups in total. The summed E-state index contributed by atoms with van der Waals surface area (Å²) in [5.41, 5.74) is 0. The average molecular weight is 174 g/mol. The van der Waals surface area contributed by atoms with Gasteiger partial charge in [-0.2, -0.15) is 0 Å². The third-order valence-corrected chi connectivity index (χ3v) is 2.09. The summed E-state index contributed by atoms with van der Waals surface area (Å²) in [6.45, 7) is 0. The lowest BCUT2D eigenvalue weighted by molar-refractivity contribution is -0.336. The molecule has 1 rings (SSSR count). The van der Waals surface area contributed by atoms with Crippen molar-refractivity contribution in [1.29, 1.82) is 0 Å². The summed E-state index contributed by atoms with van der Waals surface area (Å²) >= 11 is 0. The summed E-state index contributed by atoms with van der Waals surface area (Å²) in [4.78, 5) is 0. The van der Waals surface area contributed by atoms with E-state index in [2.05, 4.69) is 0 Å². The highest BCUT2D eigenvalue weighted by molar-refractivity contribution is 5.02. The van der Waals surface area contributed by atoms with E-state index >= 15 is 0 Å². The van der Waals surface area contributed by atoms with Crippen LogP contribution in [0.1, 0.15) is 25.7 Å². The zero-order chi connectivity index (χ0) is 9.24. The van der Waals surface area contributed by atoms with Gasteiger partial charge in [0, 0.05) is 6.42 Å². The van der Waals surface area contributed by atoms with Crippen LogP contribution in [-0.4, -0.2) is 32.0 Å². The summed E-state index contributed by atoms with van der Waals surface area (Å²) in [5.74, 6) is -4.95. The summed E-state index contributed by atoms with van der Waals surface area (Å²) in [7, 11) is 0. The highest BCUT2D eigenvalue weighted by Crippen LogP contribution is 2.27. The monoisotopic (exact) mass is 174 g/mol. The van der Waals surface area contributed by atoms with E-state index in [0.29, 0.717) is 6.42 Å². The number of rotatable bonds is 0. The predicted molar refractivity (Wildman–Crippen MR) is 41.9 cm³/mol. The second kappa shape index (κ2) is 3.14. The molecule has 1 aliphatic carbocycles. The molecule has 12 heavy (non-hydrogen) atoms. The molecule has 0 amide bonds. The minimum atomic E-state index is -2.52. The van der Waals surface area contributed by atoms with Gasteiger partial charge in [0.1, 0.15) is 0 Å². The molecule has 0 atom stereocenters. The summed E-state index contributed by atoms with van der Waals surface area (Å²) in [6.07, 6.45) is 4.67. The van der Waals surface area contributed by atoms with E-state index in [1.807, 2.05) is 0 Å². The Morgan fingerprint density at radius 2 is 1.67 bits per heavy atom. The van der Waals surface area contributed by atoms with Crippen molar-refractivity contribution in [3.8, 4) is 0 Å².